The molecule has 1 saturated carbocycles. The molecular formula is C11H22N2O. The summed E-state index contributed by atoms with van der Waals surface area (Å²) in [5.74, 6) is 1.43. The summed E-state index contributed by atoms with van der Waals surface area (Å²) in [6.07, 6.45) is 2.76. The van der Waals surface area contributed by atoms with Crippen LogP contribution in [0, 0.1) is 17.3 Å². The van der Waals surface area contributed by atoms with Gasteiger partial charge in [0.1, 0.15) is 0 Å². The van der Waals surface area contributed by atoms with E-state index in [0.717, 1.165) is 32.1 Å². The summed E-state index contributed by atoms with van der Waals surface area (Å²) < 4.78 is 0. The molecule has 1 saturated heterocycles. The van der Waals surface area contributed by atoms with E-state index in [1.54, 1.807) is 0 Å². The molecule has 2 aliphatic rings. The Morgan fingerprint density at radius 2 is 2.14 bits per heavy atom. The van der Waals surface area contributed by atoms with Gasteiger partial charge in [-0.25, -0.2) is 0 Å². The van der Waals surface area contributed by atoms with Crippen LogP contribution in [-0.2, 0) is 0 Å². The Hall–Kier alpha value is -0.120. The molecule has 0 bridgehead atoms. The molecule has 0 aromatic rings. The number of piperidine rings is 1. The molecule has 2 atom stereocenters. The molecular weight excluding hydrogens is 176 g/mol. The normalized spacial score (nSPS) is 36.2. The minimum Gasteiger partial charge on any atom is -0.395 e. The van der Waals surface area contributed by atoms with Gasteiger partial charge >= 0.3 is 0 Å². The zero-order chi connectivity index (χ0) is 10.2. The van der Waals surface area contributed by atoms with Gasteiger partial charge in [-0.15, -0.1) is 0 Å². The quantitative estimate of drug-likeness (QED) is 0.685. The number of likely N-dealkylation sites (tertiary alicyclic amines) is 1. The Balaban J connectivity index is 2.00. The second-order valence-electron chi connectivity index (χ2n) is 5.05. The monoisotopic (exact) mass is 198 g/mol. The largest absolute Gasteiger partial charge is 0.395 e. The average Bonchev–Trinajstić information content (AvgIpc) is 2.93. The Kier molecular flexibility index (Phi) is 2.82. The maximum Gasteiger partial charge on any atom is 0.0558 e. The van der Waals surface area contributed by atoms with Gasteiger partial charge in [-0.2, -0.15) is 0 Å². The van der Waals surface area contributed by atoms with Crippen molar-refractivity contribution in [3.05, 3.63) is 0 Å². The molecule has 2 fully saturated rings. The number of hydrogen-bond acceptors (Lipinski definition) is 3. The lowest BCUT2D eigenvalue weighted by Crippen LogP contribution is -2.49. The lowest BCUT2D eigenvalue weighted by molar-refractivity contribution is 0.0460. The fourth-order valence-electron chi connectivity index (χ4n) is 3.22. The summed E-state index contributed by atoms with van der Waals surface area (Å²) in [6.45, 7) is 6.50. The number of aliphatic hydroxyl groups is 1. The van der Waals surface area contributed by atoms with Gasteiger partial charge < -0.3 is 15.7 Å². The van der Waals surface area contributed by atoms with Crippen molar-refractivity contribution in [2.75, 3.05) is 32.8 Å². The number of aliphatic hydroxyl groups excluding tert-OH is 1. The minimum absolute atomic E-state index is 0.275. The summed E-state index contributed by atoms with van der Waals surface area (Å²) >= 11 is 0. The molecule has 3 N–H and O–H groups in total. The first-order valence-corrected chi connectivity index (χ1v) is 5.76. The second-order valence-corrected chi connectivity index (χ2v) is 5.05. The van der Waals surface area contributed by atoms with Crippen molar-refractivity contribution in [2.24, 2.45) is 23.0 Å². The van der Waals surface area contributed by atoms with Gasteiger partial charge in [0.2, 0.25) is 0 Å². The zero-order valence-corrected chi connectivity index (χ0v) is 9.08. The third-order valence-corrected chi connectivity index (χ3v) is 4.33. The molecule has 1 spiro atoms. The van der Waals surface area contributed by atoms with Gasteiger partial charge in [0.05, 0.1) is 6.61 Å². The van der Waals surface area contributed by atoms with Crippen LogP contribution in [0.5, 0.6) is 0 Å². The third-order valence-electron chi connectivity index (χ3n) is 4.33. The molecule has 1 aliphatic carbocycles. The fourth-order valence-corrected chi connectivity index (χ4v) is 3.22. The molecule has 2 rings (SSSR count). The molecule has 2 unspecified atom stereocenters. The predicted octanol–water partition coefficient (Wildman–Crippen LogP) is 0.285. The van der Waals surface area contributed by atoms with Crippen LogP contribution in [0.3, 0.4) is 0 Å². The maximum atomic E-state index is 8.94. The summed E-state index contributed by atoms with van der Waals surface area (Å²) in [4.78, 5) is 2.37. The number of nitrogens with two attached hydrogens (primary N) is 1. The van der Waals surface area contributed by atoms with Crippen molar-refractivity contribution in [3.8, 4) is 0 Å². The Labute approximate surface area is 86.3 Å². The molecule has 0 amide bonds. The summed E-state index contributed by atoms with van der Waals surface area (Å²) in [6, 6.07) is 0. The van der Waals surface area contributed by atoms with Crippen molar-refractivity contribution in [3.63, 3.8) is 0 Å². The summed E-state index contributed by atoms with van der Waals surface area (Å²) in [7, 11) is 0. The topological polar surface area (TPSA) is 49.5 Å². The molecule has 1 heterocycles. The highest BCUT2D eigenvalue weighted by molar-refractivity contribution is 5.06. The van der Waals surface area contributed by atoms with Crippen molar-refractivity contribution in [2.45, 2.75) is 19.8 Å². The third kappa shape index (κ3) is 1.58. The first-order chi connectivity index (χ1) is 6.73. The van der Waals surface area contributed by atoms with E-state index in [4.69, 9.17) is 10.8 Å². The van der Waals surface area contributed by atoms with Crippen LogP contribution >= 0.6 is 0 Å². The highest BCUT2D eigenvalue weighted by atomic mass is 16.3. The maximum absolute atomic E-state index is 8.94. The Morgan fingerprint density at radius 3 is 2.64 bits per heavy atom. The highest BCUT2D eigenvalue weighted by Crippen LogP contribution is 2.59. The summed E-state index contributed by atoms with van der Waals surface area (Å²) in [5, 5.41) is 8.94. The van der Waals surface area contributed by atoms with E-state index >= 15 is 0 Å². The minimum atomic E-state index is 0.275. The molecule has 82 valence electrons. The van der Waals surface area contributed by atoms with E-state index in [1.807, 2.05) is 0 Å². The first kappa shape index (κ1) is 10.4. The molecule has 3 heteroatoms. The van der Waals surface area contributed by atoms with Crippen LogP contribution in [-0.4, -0.2) is 42.8 Å². The first-order valence-electron chi connectivity index (χ1n) is 5.76. The van der Waals surface area contributed by atoms with Crippen LogP contribution in [0.25, 0.3) is 0 Å². The molecule has 3 nitrogen and oxygen atoms in total. The molecule has 1 aliphatic heterocycles. The highest BCUT2D eigenvalue weighted by Gasteiger charge is 2.54. The number of nitrogens with zero attached hydrogens (tertiary/aromatic N) is 1. The van der Waals surface area contributed by atoms with Crippen molar-refractivity contribution in [1.29, 1.82) is 0 Å². The number of β-amino-alcohol motifs (C(OH)–C–C–N with tert-alkyl or cyclic N) is 1. The van der Waals surface area contributed by atoms with Crippen LogP contribution in [0.1, 0.15) is 19.8 Å². The van der Waals surface area contributed by atoms with E-state index < -0.39 is 0 Å². The molecule has 0 aromatic carbocycles. The van der Waals surface area contributed by atoms with Gasteiger partial charge in [-0.05, 0) is 36.6 Å². The van der Waals surface area contributed by atoms with Crippen molar-refractivity contribution < 1.29 is 5.11 Å². The van der Waals surface area contributed by atoms with Crippen molar-refractivity contribution >= 4 is 0 Å². The van der Waals surface area contributed by atoms with Crippen LogP contribution < -0.4 is 5.73 Å². The van der Waals surface area contributed by atoms with Crippen LogP contribution in [0.4, 0.5) is 0 Å². The molecule has 0 radical (unpaired) electrons. The van der Waals surface area contributed by atoms with Gasteiger partial charge in [0.15, 0.2) is 0 Å². The molecule has 14 heavy (non-hydrogen) atoms. The van der Waals surface area contributed by atoms with E-state index in [9.17, 15) is 0 Å². The fraction of sp³-hybridized carbons (Fsp3) is 1.00. The van der Waals surface area contributed by atoms with Crippen molar-refractivity contribution in [1.82, 2.24) is 4.90 Å². The number of hydrogen-bond donors (Lipinski definition) is 2. The average molecular weight is 198 g/mol. The van der Waals surface area contributed by atoms with Gasteiger partial charge in [-0.3, -0.25) is 0 Å². The standard InChI is InChI=1S/C11H22N2O/c1-9-7-13(4-5-14)8-10(6-12)11(9)2-3-11/h9-10,14H,2-8,12H2,1H3. The summed E-state index contributed by atoms with van der Waals surface area (Å²) in [5.41, 5.74) is 6.43. The van der Waals surface area contributed by atoms with Crippen LogP contribution in [0.15, 0.2) is 0 Å². The predicted molar refractivity (Wildman–Crippen MR) is 56.9 cm³/mol. The lowest BCUT2D eigenvalue weighted by atomic mass is 9.75. The van der Waals surface area contributed by atoms with Gasteiger partial charge in [0, 0.05) is 19.6 Å². The van der Waals surface area contributed by atoms with E-state index in [1.165, 1.54) is 12.8 Å². The van der Waals surface area contributed by atoms with E-state index in [0.29, 0.717) is 11.3 Å². The Bertz CT molecular complexity index is 203. The lowest BCUT2D eigenvalue weighted by Gasteiger charge is -2.43. The second kappa shape index (κ2) is 3.80. The molecule has 0 aromatic heterocycles. The van der Waals surface area contributed by atoms with Gasteiger partial charge in [0.25, 0.3) is 0 Å². The van der Waals surface area contributed by atoms with E-state index in [-0.39, 0.29) is 6.61 Å². The van der Waals surface area contributed by atoms with Gasteiger partial charge in [-0.1, -0.05) is 6.92 Å². The van der Waals surface area contributed by atoms with Crippen LogP contribution in [0.2, 0.25) is 0 Å². The SMILES string of the molecule is CC1CN(CCO)CC(CN)C12CC2. The number of rotatable bonds is 3. The smallest absolute Gasteiger partial charge is 0.0558 e. The zero-order valence-electron chi connectivity index (χ0n) is 9.08. The Morgan fingerprint density at radius 1 is 1.43 bits per heavy atom. The van der Waals surface area contributed by atoms with E-state index in [2.05, 4.69) is 11.8 Å².